The molecule has 0 aliphatic rings. The van der Waals surface area contributed by atoms with E-state index in [9.17, 15) is 0 Å². The van der Waals surface area contributed by atoms with Crippen LogP contribution in [0.5, 0.6) is 11.5 Å². The van der Waals surface area contributed by atoms with Crippen molar-refractivity contribution in [3.05, 3.63) is 46.2 Å². The first-order chi connectivity index (χ1) is 10.3. The maximum Gasteiger partial charge on any atom is 0.122 e. The lowest BCUT2D eigenvalue weighted by Crippen LogP contribution is -1.96. The van der Waals surface area contributed by atoms with Crippen LogP contribution in [0.3, 0.4) is 0 Å². The van der Waals surface area contributed by atoms with Crippen LogP contribution in [-0.2, 0) is 6.61 Å². The predicted molar refractivity (Wildman–Crippen MR) is 84.8 cm³/mol. The van der Waals surface area contributed by atoms with Crippen LogP contribution in [0.25, 0.3) is 0 Å². The average molecular weight is 302 g/mol. The molecule has 0 saturated heterocycles. The van der Waals surface area contributed by atoms with Crippen molar-refractivity contribution in [1.29, 1.82) is 0 Å². The molecule has 1 aromatic carbocycles. The first kappa shape index (κ1) is 15.4. The van der Waals surface area contributed by atoms with E-state index in [4.69, 9.17) is 14.6 Å². The molecule has 1 aromatic heterocycles. The Kier molecular flexibility index (Phi) is 6.14. The molecule has 0 atom stereocenters. The van der Waals surface area contributed by atoms with Crippen molar-refractivity contribution < 1.29 is 14.6 Å². The van der Waals surface area contributed by atoms with E-state index >= 15 is 0 Å². The SMILES string of the molecule is CCCOc1ccc(OCc2cc(C#CCO)cs2)cc1. The molecule has 1 heterocycles. The van der Waals surface area contributed by atoms with Gasteiger partial charge in [0.1, 0.15) is 24.7 Å². The van der Waals surface area contributed by atoms with Gasteiger partial charge in [-0.1, -0.05) is 18.8 Å². The summed E-state index contributed by atoms with van der Waals surface area (Å²) in [6, 6.07) is 9.62. The van der Waals surface area contributed by atoms with Gasteiger partial charge < -0.3 is 14.6 Å². The largest absolute Gasteiger partial charge is 0.494 e. The summed E-state index contributed by atoms with van der Waals surface area (Å²) in [6.07, 6.45) is 0.998. The van der Waals surface area contributed by atoms with Crippen LogP contribution in [-0.4, -0.2) is 18.3 Å². The first-order valence-electron chi connectivity index (χ1n) is 6.84. The average Bonchev–Trinajstić information content (AvgIpc) is 2.98. The number of benzene rings is 1. The van der Waals surface area contributed by atoms with Crippen molar-refractivity contribution in [1.82, 2.24) is 0 Å². The van der Waals surface area contributed by atoms with Crippen molar-refractivity contribution in [3.63, 3.8) is 0 Å². The van der Waals surface area contributed by atoms with E-state index in [0.717, 1.165) is 35.0 Å². The number of ether oxygens (including phenoxy) is 2. The van der Waals surface area contributed by atoms with Gasteiger partial charge in [-0.2, -0.15) is 0 Å². The number of hydrogen-bond donors (Lipinski definition) is 1. The zero-order valence-corrected chi connectivity index (χ0v) is 12.8. The molecule has 0 saturated carbocycles. The van der Waals surface area contributed by atoms with Gasteiger partial charge in [-0.25, -0.2) is 0 Å². The van der Waals surface area contributed by atoms with Gasteiger partial charge in [-0.15, -0.1) is 11.3 Å². The first-order valence-corrected chi connectivity index (χ1v) is 7.72. The van der Waals surface area contributed by atoms with E-state index in [1.807, 2.05) is 35.7 Å². The lowest BCUT2D eigenvalue weighted by atomic mass is 10.3. The van der Waals surface area contributed by atoms with Crippen LogP contribution in [0.4, 0.5) is 0 Å². The van der Waals surface area contributed by atoms with E-state index in [-0.39, 0.29) is 6.61 Å². The zero-order chi connectivity index (χ0) is 14.9. The molecule has 0 aliphatic carbocycles. The summed E-state index contributed by atoms with van der Waals surface area (Å²) >= 11 is 1.60. The second-order valence-electron chi connectivity index (χ2n) is 4.37. The Labute approximate surface area is 129 Å². The van der Waals surface area contributed by atoms with E-state index < -0.39 is 0 Å². The molecule has 110 valence electrons. The minimum atomic E-state index is -0.117. The molecule has 0 bridgehead atoms. The number of aliphatic hydroxyl groups excluding tert-OH is 1. The van der Waals surface area contributed by atoms with E-state index in [1.165, 1.54) is 0 Å². The number of aliphatic hydroxyl groups is 1. The molecule has 0 amide bonds. The van der Waals surface area contributed by atoms with Crippen LogP contribution in [0.2, 0.25) is 0 Å². The zero-order valence-electron chi connectivity index (χ0n) is 12.0. The monoisotopic (exact) mass is 302 g/mol. The third-order valence-electron chi connectivity index (χ3n) is 2.64. The summed E-state index contributed by atoms with van der Waals surface area (Å²) in [4.78, 5) is 1.10. The molecule has 3 nitrogen and oxygen atoms in total. The molecule has 4 heteroatoms. The number of hydrogen-bond acceptors (Lipinski definition) is 4. The summed E-state index contributed by atoms with van der Waals surface area (Å²) in [7, 11) is 0. The molecule has 0 fully saturated rings. The number of thiophene rings is 1. The second kappa shape index (κ2) is 8.35. The van der Waals surface area contributed by atoms with Gasteiger partial charge in [0.15, 0.2) is 0 Å². The minimum absolute atomic E-state index is 0.117. The Morgan fingerprint density at radius 3 is 2.52 bits per heavy atom. The highest BCUT2D eigenvalue weighted by molar-refractivity contribution is 7.10. The van der Waals surface area contributed by atoms with Gasteiger partial charge in [0.2, 0.25) is 0 Å². The highest BCUT2D eigenvalue weighted by Gasteiger charge is 2.00. The Morgan fingerprint density at radius 1 is 1.14 bits per heavy atom. The standard InChI is InChI=1S/C17H18O3S/c1-2-10-19-15-5-7-16(8-6-15)20-12-17-11-14(13-21-17)4-3-9-18/h5-8,11,13,18H,2,9-10,12H2,1H3. The molecular weight excluding hydrogens is 284 g/mol. The van der Waals surface area contributed by atoms with Crippen molar-refractivity contribution in [2.24, 2.45) is 0 Å². The van der Waals surface area contributed by atoms with Crippen LogP contribution in [0.15, 0.2) is 35.7 Å². The lowest BCUT2D eigenvalue weighted by molar-refractivity contribution is 0.304. The van der Waals surface area contributed by atoms with E-state index in [2.05, 4.69) is 18.8 Å². The van der Waals surface area contributed by atoms with Crippen molar-refractivity contribution in [2.75, 3.05) is 13.2 Å². The molecule has 0 spiro atoms. The summed E-state index contributed by atoms with van der Waals surface area (Å²) in [5, 5.41) is 10.6. The van der Waals surface area contributed by atoms with Crippen LogP contribution < -0.4 is 9.47 Å². The quantitative estimate of drug-likeness (QED) is 0.831. The van der Waals surface area contributed by atoms with E-state index in [0.29, 0.717) is 6.61 Å². The Hall–Kier alpha value is -1.96. The van der Waals surface area contributed by atoms with Crippen LogP contribution >= 0.6 is 11.3 Å². The van der Waals surface area contributed by atoms with Crippen molar-refractivity contribution in [2.45, 2.75) is 20.0 Å². The van der Waals surface area contributed by atoms with Gasteiger partial charge in [0.05, 0.1) is 6.61 Å². The molecule has 21 heavy (non-hydrogen) atoms. The molecule has 2 rings (SSSR count). The highest BCUT2D eigenvalue weighted by Crippen LogP contribution is 2.20. The second-order valence-corrected chi connectivity index (χ2v) is 5.37. The molecule has 1 N–H and O–H groups in total. The third-order valence-corrected chi connectivity index (χ3v) is 3.55. The number of rotatable bonds is 6. The van der Waals surface area contributed by atoms with Gasteiger partial charge >= 0.3 is 0 Å². The predicted octanol–water partition coefficient (Wildman–Crippen LogP) is 3.46. The van der Waals surface area contributed by atoms with Crippen molar-refractivity contribution >= 4 is 11.3 Å². The Balaban J connectivity index is 1.86. The smallest absolute Gasteiger partial charge is 0.122 e. The van der Waals surface area contributed by atoms with Crippen molar-refractivity contribution in [3.8, 4) is 23.3 Å². The van der Waals surface area contributed by atoms with E-state index in [1.54, 1.807) is 11.3 Å². The Bertz CT molecular complexity index is 605. The summed E-state index contributed by atoms with van der Waals surface area (Å²) < 4.78 is 11.3. The normalized spacial score (nSPS) is 9.81. The molecular formula is C17H18O3S. The van der Waals surface area contributed by atoms with Gasteiger partial charge in [-0.05, 0) is 36.8 Å². The lowest BCUT2D eigenvalue weighted by Gasteiger charge is -2.07. The topological polar surface area (TPSA) is 38.7 Å². The molecule has 0 unspecified atom stereocenters. The summed E-state index contributed by atoms with van der Waals surface area (Å²) in [6.45, 7) is 3.21. The third kappa shape index (κ3) is 5.14. The fraction of sp³-hybridized carbons (Fsp3) is 0.294. The maximum absolute atomic E-state index is 8.66. The van der Waals surface area contributed by atoms with Gasteiger partial charge in [-0.3, -0.25) is 0 Å². The van der Waals surface area contributed by atoms with Crippen LogP contribution in [0.1, 0.15) is 23.8 Å². The fourth-order valence-corrected chi connectivity index (χ4v) is 2.40. The maximum atomic E-state index is 8.66. The highest BCUT2D eigenvalue weighted by atomic mass is 32.1. The molecule has 0 radical (unpaired) electrons. The molecule has 0 aliphatic heterocycles. The van der Waals surface area contributed by atoms with Crippen LogP contribution in [0, 0.1) is 11.8 Å². The van der Waals surface area contributed by atoms with Gasteiger partial charge in [0.25, 0.3) is 0 Å². The van der Waals surface area contributed by atoms with Gasteiger partial charge in [0, 0.05) is 15.8 Å². The minimum Gasteiger partial charge on any atom is -0.494 e. The fourth-order valence-electron chi connectivity index (χ4n) is 1.67. The summed E-state index contributed by atoms with van der Waals surface area (Å²) in [5.41, 5.74) is 0.913. The molecule has 2 aromatic rings. The Morgan fingerprint density at radius 2 is 1.86 bits per heavy atom. The summed E-state index contributed by atoms with van der Waals surface area (Å²) in [5.74, 6) is 7.19.